The predicted molar refractivity (Wildman–Crippen MR) is 76.9 cm³/mol. The molecule has 1 aliphatic rings. The minimum absolute atomic E-state index is 0.122. The van der Waals surface area contributed by atoms with Gasteiger partial charge in [-0.25, -0.2) is 13.4 Å². The largest absolute Gasteiger partial charge is 0.265 e. The van der Waals surface area contributed by atoms with E-state index >= 15 is 0 Å². The van der Waals surface area contributed by atoms with E-state index in [4.69, 9.17) is 0 Å². The van der Waals surface area contributed by atoms with Crippen molar-refractivity contribution < 1.29 is 8.42 Å². The average molecular weight is 360 g/mol. The van der Waals surface area contributed by atoms with Crippen LogP contribution in [0.2, 0.25) is 0 Å². The van der Waals surface area contributed by atoms with Crippen LogP contribution in [0.15, 0.2) is 27.8 Å². The van der Waals surface area contributed by atoms with Crippen molar-refractivity contribution in [2.75, 3.05) is 4.72 Å². The van der Waals surface area contributed by atoms with E-state index in [2.05, 4.69) is 30.6 Å². The van der Waals surface area contributed by atoms with Crippen LogP contribution >= 0.6 is 27.3 Å². The van der Waals surface area contributed by atoms with Crippen LogP contribution in [0.4, 0.5) is 5.13 Å². The molecule has 0 atom stereocenters. The highest BCUT2D eigenvalue weighted by molar-refractivity contribution is 9.10. The van der Waals surface area contributed by atoms with Crippen molar-refractivity contribution in [3.05, 3.63) is 33.5 Å². The maximum absolute atomic E-state index is 12.2. The molecule has 0 fully saturated rings. The Kier molecular flexibility index (Phi) is 3.32. The van der Waals surface area contributed by atoms with Gasteiger partial charge in [0.05, 0.1) is 5.69 Å². The van der Waals surface area contributed by atoms with Crippen molar-refractivity contribution in [3.8, 4) is 0 Å². The number of hydrogen-bond donors (Lipinski definition) is 1. The molecule has 0 saturated carbocycles. The Balaban J connectivity index is 1.89. The van der Waals surface area contributed by atoms with Gasteiger partial charge < -0.3 is 0 Å². The van der Waals surface area contributed by atoms with E-state index in [0.717, 1.165) is 25.0 Å². The summed E-state index contributed by atoms with van der Waals surface area (Å²) >= 11 is 4.62. The van der Waals surface area contributed by atoms with Crippen LogP contribution in [0, 0.1) is 0 Å². The Bertz CT molecular complexity index is 706. The van der Waals surface area contributed by atoms with Gasteiger partial charge in [-0.2, -0.15) is 0 Å². The third-order valence-electron chi connectivity index (χ3n) is 2.81. The molecule has 1 aliphatic carbocycles. The highest BCUT2D eigenvalue weighted by atomic mass is 79.9. The summed E-state index contributed by atoms with van der Waals surface area (Å²) in [6.45, 7) is 0. The van der Waals surface area contributed by atoms with Crippen molar-refractivity contribution in [1.29, 1.82) is 0 Å². The standard InChI is InChI=1S/C11H10BrN3O2S2/c12-7-4-8(6-13-5-7)19(16,17)15-11-14-9-2-1-3-10(9)18-11/h4-6H,1-3H2,(H,14,15). The fourth-order valence-electron chi connectivity index (χ4n) is 1.95. The van der Waals surface area contributed by atoms with Crippen LogP contribution in [0.3, 0.4) is 0 Å². The molecular weight excluding hydrogens is 350 g/mol. The molecular formula is C11H10BrN3O2S2. The third kappa shape index (κ3) is 2.65. The maximum Gasteiger partial charge on any atom is 0.265 e. The van der Waals surface area contributed by atoms with Crippen LogP contribution in [-0.4, -0.2) is 18.4 Å². The molecule has 3 rings (SSSR count). The molecule has 0 spiro atoms. The van der Waals surface area contributed by atoms with E-state index in [9.17, 15) is 8.42 Å². The molecule has 2 aromatic rings. The van der Waals surface area contributed by atoms with Gasteiger partial charge in [0.15, 0.2) is 5.13 Å². The molecule has 100 valence electrons. The summed E-state index contributed by atoms with van der Waals surface area (Å²) in [4.78, 5) is 9.49. The predicted octanol–water partition coefficient (Wildman–Crippen LogP) is 2.59. The second kappa shape index (κ2) is 4.84. The molecule has 0 bridgehead atoms. The quantitative estimate of drug-likeness (QED) is 0.913. The first kappa shape index (κ1) is 13.0. The number of nitrogens with zero attached hydrogens (tertiary/aromatic N) is 2. The van der Waals surface area contributed by atoms with E-state index in [1.165, 1.54) is 34.7 Å². The topological polar surface area (TPSA) is 72.0 Å². The Morgan fingerprint density at radius 1 is 1.32 bits per heavy atom. The second-order valence-electron chi connectivity index (χ2n) is 4.19. The summed E-state index contributed by atoms with van der Waals surface area (Å²) in [5.74, 6) is 0. The van der Waals surface area contributed by atoms with Crippen molar-refractivity contribution in [3.63, 3.8) is 0 Å². The molecule has 0 amide bonds. The molecule has 2 aromatic heterocycles. The zero-order valence-corrected chi connectivity index (χ0v) is 13.0. The highest BCUT2D eigenvalue weighted by Crippen LogP contribution is 2.31. The summed E-state index contributed by atoms with van der Waals surface area (Å²) in [5.41, 5.74) is 1.02. The normalized spacial score (nSPS) is 14.4. The monoisotopic (exact) mass is 359 g/mol. The van der Waals surface area contributed by atoms with Gasteiger partial charge in [-0.05, 0) is 41.3 Å². The van der Waals surface area contributed by atoms with Crippen molar-refractivity contribution in [1.82, 2.24) is 9.97 Å². The number of pyridine rings is 1. The average Bonchev–Trinajstić information content (AvgIpc) is 2.89. The molecule has 19 heavy (non-hydrogen) atoms. The Morgan fingerprint density at radius 3 is 2.89 bits per heavy atom. The van der Waals surface area contributed by atoms with Crippen molar-refractivity contribution >= 4 is 42.4 Å². The van der Waals surface area contributed by atoms with E-state index in [-0.39, 0.29) is 4.90 Å². The van der Waals surface area contributed by atoms with Crippen molar-refractivity contribution in [2.45, 2.75) is 24.2 Å². The van der Waals surface area contributed by atoms with E-state index in [1.807, 2.05) is 0 Å². The smallest absolute Gasteiger partial charge is 0.262 e. The fraction of sp³-hybridized carbons (Fsp3) is 0.273. The summed E-state index contributed by atoms with van der Waals surface area (Å²) in [7, 11) is -3.62. The molecule has 0 aliphatic heterocycles. The van der Waals surface area contributed by atoms with E-state index in [1.54, 1.807) is 0 Å². The number of fused-ring (bicyclic) bond motifs is 1. The van der Waals surface area contributed by atoms with Gasteiger partial charge in [0.1, 0.15) is 4.90 Å². The summed E-state index contributed by atoms with van der Waals surface area (Å²) in [5, 5.41) is 0.435. The summed E-state index contributed by atoms with van der Waals surface area (Å²) in [6.07, 6.45) is 5.89. The first-order chi connectivity index (χ1) is 9.04. The lowest BCUT2D eigenvalue weighted by atomic mass is 10.4. The lowest BCUT2D eigenvalue weighted by Crippen LogP contribution is -2.13. The van der Waals surface area contributed by atoms with Gasteiger partial charge in [0.25, 0.3) is 10.0 Å². The van der Waals surface area contributed by atoms with Crippen LogP contribution in [0.1, 0.15) is 17.0 Å². The van der Waals surface area contributed by atoms with Crippen molar-refractivity contribution in [2.24, 2.45) is 0 Å². The molecule has 0 aromatic carbocycles. The lowest BCUT2D eigenvalue weighted by molar-refractivity contribution is 0.600. The summed E-state index contributed by atoms with van der Waals surface area (Å²) in [6, 6.07) is 1.51. The Morgan fingerprint density at radius 2 is 2.16 bits per heavy atom. The molecule has 0 radical (unpaired) electrons. The molecule has 1 N–H and O–H groups in total. The Hall–Kier alpha value is -0.990. The van der Waals surface area contributed by atoms with Gasteiger partial charge in [-0.3, -0.25) is 9.71 Å². The molecule has 2 heterocycles. The van der Waals surface area contributed by atoms with Gasteiger partial charge in [0.2, 0.25) is 0 Å². The van der Waals surface area contributed by atoms with Gasteiger partial charge >= 0.3 is 0 Å². The van der Waals surface area contributed by atoms with Crippen LogP contribution < -0.4 is 4.72 Å². The minimum Gasteiger partial charge on any atom is -0.262 e. The number of sulfonamides is 1. The first-order valence-corrected chi connectivity index (χ1v) is 8.76. The SMILES string of the molecule is O=S(=O)(Nc1nc2c(s1)CCC2)c1cncc(Br)c1. The van der Waals surface area contributed by atoms with Crippen LogP contribution in [-0.2, 0) is 22.9 Å². The van der Waals surface area contributed by atoms with E-state index < -0.39 is 10.0 Å². The number of aromatic nitrogens is 2. The third-order valence-corrected chi connectivity index (χ3v) is 5.75. The molecule has 5 nitrogen and oxygen atoms in total. The molecule has 8 heteroatoms. The number of nitrogens with one attached hydrogen (secondary N) is 1. The van der Waals surface area contributed by atoms with Gasteiger partial charge in [0, 0.05) is 21.7 Å². The van der Waals surface area contributed by atoms with Crippen LogP contribution in [0.5, 0.6) is 0 Å². The molecule has 0 unspecified atom stereocenters. The number of halogens is 1. The van der Waals surface area contributed by atoms with Gasteiger partial charge in [-0.1, -0.05) is 0 Å². The maximum atomic E-state index is 12.2. The Labute approximate surface area is 123 Å². The number of rotatable bonds is 3. The number of thiazole rings is 1. The highest BCUT2D eigenvalue weighted by Gasteiger charge is 2.21. The number of aryl methyl sites for hydroxylation is 2. The summed E-state index contributed by atoms with van der Waals surface area (Å²) < 4.78 is 27.5. The molecule has 0 saturated heterocycles. The van der Waals surface area contributed by atoms with Crippen LogP contribution in [0.25, 0.3) is 0 Å². The second-order valence-corrected chi connectivity index (χ2v) is 7.87. The van der Waals surface area contributed by atoms with E-state index in [0.29, 0.717) is 9.60 Å². The van der Waals surface area contributed by atoms with Gasteiger partial charge in [-0.15, -0.1) is 11.3 Å². The first-order valence-electron chi connectivity index (χ1n) is 5.66. The zero-order chi connectivity index (χ0) is 13.5. The number of anilines is 1. The number of hydrogen-bond acceptors (Lipinski definition) is 5. The zero-order valence-electron chi connectivity index (χ0n) is 9.76. The minimum atomic E-state index is -3.62. The lowest BCUT2D eigenvalue weighted by Gasteiger charge is -2.04. The fourth-order valence-corrected chi connectivity index (χ4v) is 4.74.